The fourth-order valence-electron chi connectivity index (χ4n) is 1.25. The van der Waals surface area contributed by atoms with E-state index < -0.39 is 34.8 Å². The molecule has 0 saturated carbocycles. The molecular weight excluding hydrogens is 255 g/mol. The number of alkyl halides is 3. The van der Waals surface area contributed by atoms with Gasteiger partial charge in [0.2, 0.25) is 0 Å². The van der Waals surface area contributed by atoms with Gasteiger partial charge in [0.15, 0.2) is 6.29 Å². The number of aromatic carboxylic acids is 1. The van der Waals surface area contributed by atoms with Crippen LogP contribution in [0, 0.1) is 11.3 Å². The second kappa shape index (κ2) is 4.75. The molecule has 0 aliphatic rings. The van der Waals surface area contributed by atoms with Gasteiger partial charge in [-0.05, 0) is 12.1 Å². The zero-order valence-electron chi connectivity index (χ0n) is 8.49. The van der Waals surface area contributed by atoms with Crippen LogP contribution in [0.3, 0.4) is 0 Å². The minimum atomic E-state index is -5.07. The summed E-state index contributed by atoms with van der Waals surface area (Å²) < 4.78 is 39.6. The maximum absolute atomic E-state index is 12.0. The highest BCUT2D eigenvalue weighted by Gasteiger charge is 2.33. The zero-order valence-corrected chi connectivity index (χ0v) is 8.49. The van der Waals surface area contributed by atoms with E-state index in [-0.39, 0.29) is 6.29 Å². The van der Waals surface area contributed by atoms with Crippen LogP contribution in [0.4, 0.5) is 13.2 Å². The molecule has 18 heavy (non-hydrogen) atoms. The van der Waals surface area contributed by atoms with E-state index in [4.69, 9.17) is 10.4 Å². The molecule has 0 aliphatic carbocycles. The van der Waals surface area contributed by atoms with Crippen molar-refractivity contribution in [2.45, 2.75) is 6.36 Å². The van der Waals surface area contributed by atoms with Gasteiger partial charge in [0.25, 0.3) is 0 Å². The van der Waals surface area contributed by atoms with Crippen LogP contribution in [-0.2, 0) is 0 Å². The Kier molecular flexibility index (Phi) is 3.56. The van der Waals surface area contributed by atoms with Crippen LogP contribution >= 0.6 is 0 Å². The summed E-state index contributed by atoms with van der Waals surface area (Å²) in [6.07, 6.45) is -5.17. The number of aldehydes is 1. The SMILES string of the molecule is N#Cc1ccc(OC(F)(F)F)c(C=O)c1C(=O)O. The molecule has 8 heteroatoms. The average Bonchev–Trinajstić information content (AvgIpc) is 2.26. The van der Waals surface area contributed by atoms with Crippen LogP contribution in [0.15, 0.2) is 12.1 Å². The topological polar surface area (TPSA) is 87.4 Å². The molecule has 1 N–H and O–H groups in total. The number of carboxylic acid groups (broad SMARTS) is 1. The Morgan fingerprint density at radius 3 is 2.44 bits per heavy atom. The van der Waals surface area contributed by atoms with Crippen molar-refractivity contribution in [2.24, 2.45) is 0 Å². The first-order valence-corrected chi connectivity index (χ1v) is 4.31. The zero-order chi connectivity index (χ0) is 13.9. The first-order valence-electron chi connectivity index (χ1n) is 4.31. The summed E-state index contributed by atoms with van der Waals surface area (Å²) in [6.45, 7) is 0. The second-order valence-electron chi connectivity index (χ2n) is 2.98. The molecule has 0 radical (unpaired) electrons. The third-order valence-electron chi connectivity index (χ3n) is 1.88. The summed E-state index contributed by atoms with van der Waals surface area (Å²) >= 11 is 0. The van der Waals surface area contributed by atoms with E-state index in [1.807, 2.05) is 0 Å². The molecule has 0 spiro atoms. The molecule has 1 rings (SSSR count). The molecule has 0 heterocycles. The van der Waals surface area contributed by atoms with Gasteiger partial charge >= 0.3 is 12.3 Å². The summed E-state index contributed by atoms with van der Waals surface area (Å²) in [7, 11) is 0. The number of carbonyl (C=O) groups is 2. The van der Waals surface area contributed by atoms with Crippen molar-refractivity contribution >= 4 is 12.3 Å². The van der Waals surface area contributed by atoms with Gasteiger partial charge in [-0.2, -0.15) is 5.26 Å². The molecule has 5 nitrogen and oxygen atoms in total. The monoisotopic (exact) mass is 259 g/mol. The Morgan fingerprint density at radius 2 is 2.06 bits per heavy atom. The van der Waals surface area contributed by atoms with Crippen LogP contribution in [0.25, 0.3) is 0 Å². The summed E-state index contributed by atoms with van der Waals surface area (Å²) in [4.78, 5) is 21.5. The average molecular weight is 259 g/mol. The summed E-state index contributed by atoms with van der Waals surface area (Å²) in [5.74, 6) is -2.66. The summed E-state index contributed by atoms with van der Waals surface area (Å²) in [5.41, 5.74) is -2.09. The van der Waals surface area contributed by atoms with Gasteiger partial charge in [0, 0.05) is 0 Å². The van der Waals surface area contributed by atoms with Gasteiger partial charge in [-0.15, -0.1) is 13.2 Å². The lowest BCUT2D eigenvalue weighted by Gasteiger charge is -2.12. The fraction of sp³-hybridized carbons (Fsp3) is 0.100. The van der Waals surface area contributed by atoms with Crippen molar-refractivity contribution < 1.29 is 32.6 Å². The number of halogens is 3. The Morgan fingerprint density at radius 1 is 1.44 bits per heavy atom. The maximum Gasteiger partial charge on any atom is 0.573 e. The predicted molar refractivity (Wildman–Crippen MR) is 50.2 cm³/mol. The first kappa shape index (κ1) is 13.5. The Hall–Kier alpha value is -2.56. The number of rotatable bonds is 3. The van der Waals surface area contributed by atoms with E-state index >= 15 is 0 Å². The Bertz CT molecular complexity index is 545. The molecule has 0 saturated heterocycles. The van der Waals surface area contributed by atoms with Crippen LogP contribution in [0.2, 0.25) is 0 Å². The van der Waals surface area contributed by atoms with Crippen LogP contribution in [0.5, 0.6) is 5.75 Å². The lowest BCUT2D eigenvalue weighted by molar-refractivity contribution is -0.274. The number of carboxylic acids is 1. The van der Waals surface area contributed by atoms with Crippen LogP contribution < -0.4 is 4.74 Å². The fourth-order valence-corrected chi connectivity index (χ4v) is 1.25. The number of benzene rings is 1. The molecule has 0 fully saturated rings. The Balaban J connectivity index is 3.49. The molecule has 0 amide bonds. The van der Waals surface area contributed by atoms with Gasteiger partial charge in [0.05, 0.1) is 16.7 Å². The molecular formula is C10H4F3NO4. The molecule has 0 aliphatic heterocycles. The molecule has 0 atom stereocenters. The van der Waals surface area contributed by atoms with Crippen molar-refractivity contribution in [3.63, 3.8) is 0 Å². The van der Waals surface area contributed by atoms with Crippen molar-refractivity contribution in [3.8, 4) is 11.8 Å². The largest absolute Gasteiger partial charge is 0.573 e. The lowest BCUT2D eigenvalue weighted by atomic mass is 10.0. The minimum absolute atomic E-state index is 0.106. The molecule has 0 aromatic heterocycles. The number of nitrogens with zero attached hydrogens (tertiary/aromatic N) is 1. The number of hydrogen-bond donors (Lipinski definition) is 1. The number of hydrogen-bond acceptors (Lipinski definition) is 4. The molecule has 0 bridgehead atoms. The smallest absolute Gasteiger partial charge is 0.478 e. The maximum atomic E-state index is 12.0. The van der Waals surface area contributed by atoms with E-state index in [2.05, 4.69) is 4.74 Å². The highest BCUT2D eigenvalue weighted by Crippen LogP contribution is 2.29. The van der Waals surface area contributed by atoms with Gasteiger partial charge in [0.1, 0.15) is 11.8 Å². The third kappa shape index (κ3) is 2.76. The number of ether oxygens (including phenoxy) is 1. The third-order valence-corrected chi connectivity index (χ3v) is 1.88. The van der Waals surface area contributed by atoms with Crippen LogP contribution in [0.1, 0.15) is 26.3 Å². The first-order chi connectivity index (χ1) is 8.30. The van der Waals surface area contributed by atoms with Gasteiger partial charge in [-0.3, -0.25) is 4.79 Å². The molecule has 94 valence electrons. The predicted octanol–water partition coefficient (Wildman–Crippen LogP) is 1.97. The highest BCUT2D eigenvalue weighted by atomic mass is 19.4. The molecule has 1 aromatic carbocycles. The van der Waals surface area contributed by atoms with Gasteiger partial charge < -0.3 is 9.84 Å². The minimum Gasteiger partial charge on any atom is -0.478 e. The van der Waals surface area contributed by atoms with Crippen LogP contribution in [-0.4, -0.2) is 23.7 Å². The van der Waals surface area contributed by atoms with Crippen molar-refractivity contribution in [2.75, 3.05) is 0 Å². The van der Waals surface area contributed by atoms with E-state index in [9.17, 15) is 22.8 Å². The summed E-state index contributed by atoms with van der Waals surface area (Å²) in [5, 5.41) is 17.4. The van der Waals surface area contributed by atoms with Gasteiger partial charge in [-0.25, -0.2) is 4.79 Å². The number of carbonyl (C=O) groups excluding carboxylic acids is 1. The van der Waals surface area contributed by atoms with E-state index in [0.29, 0.717) is 6.07 Å². The Labute approximate surface area is 98.0 Å². The van der Waals surface area contributed by atoms with E-state index in [1.165, 1.54) is 6.07 Å². The quantitative estimate of drug-likeness (QED) is 0.838. The highest BCUT2D eigenvalue weighted by molar-refractivity contribution is 6.01. The van der Waals surface area contributed by atoms with E-state index in [0.717, 1.165) is 6.07 Å². The van der Waals surface area contributed by atoms with Gasteiger partial charge in [-0.1, -0.05) is 0 Å². The normalized spacial score (nSPS) is 10.6. The molecule has 0 unspecified atom stereocenters. The summed E-state index contributed by atoms with van der Waals surface area (Å²) in [6, 6.07) is 3.01. The number of nitriles is 1. The van der Waals surface area contributed by atoms with E-state index in [1.54, 1.807) is 0 Å². The standard InChI is InChI=1S/C10H4F3NO4/c11-10(12,13)18-7-2-1-5(3-14)8(9(16)17)6(7)4-15/h1-2,4H,(H,16,17). The lowest BCUT2D eigenvalue weighted by Crippen LogP contribution is -2.19. The van der Waals surface area contributed by atoms with Crippen molar-refractivity contribution in [1.82, 2.24) is 0 Å². The van der Waals surface area contributed by atoms with Crippen molar-refractivity contribution in [1.29, 1.82) is 5.26 Å². The van der Waals surface area contributed by atoms with Crippen molar-refractivity contribution in [3.05, 3.63) is 28.8 Å². The second-order valence-corrected chi connectivity index (χ2v) is 2.98. The molecule has 1 aromatic rings.